The maximum Gasteiger partial charge on any atom is 0.344 e. The Bertz CT molecular complexity index is 371. The van der Waals surface area contributed by atoms with Crippen molar-refractivity contribution < 1.29 is 5.11 Å². The topological polar surface area (TPSA) is 90.9 Å². The van der Waals surface area contributed by atoms with Crippen molar-refractivity contribution in [1.82, 2.24) is 14.8 Å². The van der Waals surface area contributed by atoms with E-state index in [1.165, 1.54) is 0 Å². The van der Waals surface area contributed by atoms with E-state index in [9.17, 15) is 9.59 Å². The minimum atomic E-state index is -0.444. The fourth-order valence-corrected chi connectivity index (χ4v) is 1.29. The molecule has 0 aliphatic carbocycles. The minimum absolute atomic E-state index is 0.0457. The van der Waals surface area contributed by atoms with Crippen molar-refractivity contribution in [1.29, 1.82) is 0 Å². The van der Waals surface area contributed by atoms with Gasteiger partial charge in [-0.1, -0.05) is 13.8 Å². The third kappa shape index (κ3) is 2.35. The van der Waals surface area contributed by atoms with Crippen LogP contribution in [0.4, 0.5) is 0 Å². The first kappa shape index (κ1) is 10.8. The number of H-pyrrole nitrogens is 2. The van der Waals surface area contributed by atoms with Gasteiger partial charge < -0.3 is 5.11 Å². The first-order chi connectivity index (χ1) is 6.46. The summed E-state index contributed by atoms with van der Waals surface area (Å²) in [4.78, 5) is 22.3. The van der Waals surface area contributed by atoms with Gasteiger partial charge in [-0.2, -0.15) is 0 Å². The molecule has 0 bridgehead atoms. The second kappa shape index (κ2) is 3.83. The molecule has 3 N–H and O–H groups in total. The summed E-state index contributed by atoms with van der Waals surface area (Å²) in [6.45, 7) is 4.12. The van der Waals surface area contributed by atoms with Gasteiger partial charge in [-0.15, -0.1) is 0 Å². The van der Waals surface area contributed by atoms with Gasteiger partial charge in [-0.25, -0.2) is 24.4 Å². The van der Waals surface area contributed by atoms with Gasteiger partial charge in [0.2, 0.25) is 0 Å². The van der Waals surface area contributed by atoms with Gasteiger partial charge in [0.25, 0.3) is 0 Å². The van der Waals surface area contributed by atoms with Crippen molar-refractivity contribution >= 4 is 0 Å². The van der Waals surface area contributed by atoms with Gasteiger partial charge in [0, 0.05) is 13.2 Å². The molecule has 1 heterocycles. The van der Waals surface area contributed by atoms with Crippen molar-refractivity contribution in [3.63, 3.8) is 0 Å². The summed E-state index contributed by atoms with van der Waals surface area (Å²) in [6, 6.07) is 0. The van der Waals surface area contributed by atoms with E-state index in [2.05, 4.69) is 10.2 Å². The molecule has 0 aliphatic rings. The van der Waals surface area contributed by atoms with Crippen LogP contribution >= 0.6 is 0 Å². The highest BCUT2D eigenvalue weighted by molar-refractivity contribution is 4.74. The molecule has 1 aromatic heterocycles. The third-order valence-electron chi connectivity index (χ3n) is 2.14. The van der Waals surface area contributed by atoms with E-state index in [0.29, 0.717) is 13.0 Å². The van der Waals surface area contributed by atoms with Crippen LogP contribution in [-0.2, 0) is 6.54 Å². The number of aromatic nitrogens is 3. The van der Waals surface area contributed by atoms with Crippen molar-refractivity contribution in [3.8, 4) is 0 Å². The summed E-state index contributed by atoms with van der Waals surface area (Å²) in [5, 5.41) is 13.2. The van der Waals surface area contributed by atoms with E-state index in [1.807, 2.05) is 13.8 Å². The maximum atomic E-state index is 11.1. The van der Waals surface area contributed by atoms with Crippen LogP contribution in [0.1, 0.15) is 20.3 Å². The molecule has 0 saturated carbocycles. The zero-order chi connectivity index (χ0) is 10.8. The average molecular weight is 201 g/mol. The Morgan fingerprint density at radius 3 is 2.21 bits per heavy atom. The van der Waals surface area contributed by atoms with Crippen molar-refractivity contribution in [2.24, 2.45) is 5.41 Å². The Kier molecular flexibility index (Phi) is 2.95. The summed E-state index contributed by atoms with van der Waals surface area (Å²) in [6.07, 6.45) is 0.546. The quantitative estimate of drug-likeness (QED) is 0.600. The van der Waals surface area contributed by atoms with Crippen LogP contribution in [0.15, 0.2) is 9.59 Å². The molecule has 0 unspecified atom stereocenters. The lowest BCUT2D eigenvalue weighted by atomic mass is 9.90. The van der Waals surface area contributed by atoms with Gasteiger partial charge in [0.05, 0.1) is 0 Å². The Morgan fingerprint density at radius 1 is 1.29 bits per heavy atom. The largest absolute Gasteiger partial charge is 0.396 e. The molecule has 6 nitrogen and oxygen atoms in total. The molecule has 1 rings (SSSR count). The minimum Gasteiger partial charge on any atom is -0.396 e. The Morgan fingerprint density at radius 2 is 1.79 bits per heavy atom. The van der Waals surface area contributed by atoms with Crippen molar-refractivity contribution in [2.75, 3.05) is 6.61 Å². The number of aliphatic hydroxyl groups is 1. The number of rotatable bonds is 4. The fraction of sp³-hybridized carbons (Fsp3) is 0.750. The first-order valence-electron chi connectivity index (χ1n) is 4.45. The zero-order valence-corrected chi connectivity index (χ0v) is 8.33. The average Bonchev–Trinajstić information content (AvgIpc) is 2.35. The van der Waals surface area contributed by atoms with Crippen LogP contribution in [0.3, 0.4) is 0 Å². The molecular formula is C8H15N3O3. The number of aliphatic hydroxyl groups excluding tert-OH is 1. The van der Waals surface area contributed by atoms with E-state index in [4.69, 9.17) is 5.11 Å². The molecule has 80 valence electrons. The van der Waals surface area contributed by atoms with Crippen molar-refractivity contribution in [2.45, 2.75) is 26.8 Å². The van der Waals surface area contributed by atoms with Gasteiger partial charge >= 0.3 is 11.4 Å². The van der Waals surface area contributed by atoms with Crippen LogP contribution < -0.4 is 11.4 Å². The SMILES string of the molecule is CC(C)(CCO)Cn1c(=O)[nH][nH]c1=O. The second-order valence-corrected chi connectivity index (χ2v) is 4.08. The molecule has 6 heteroatoms. The highest BCUT2D eigenvalue weighted by Crippen LogP contribution is 2.20. The highest BCUT2D eigenvalue weighted by Gasteiger charge is 2.20. The summed E-state index contributed by atoms with van der Waals surface area (Å²) >= 11 is 0. The van der Waals surface area contributed by atoms with E-state index in [-0.39, 0.29) is 12.0 Å². The standard InChI is InChI=1S/C8H15N3O3/c1-8(2,3-4-12)5-11-6(13)9-10-7(11)14/h12H,3-5H2,1-2H3,(H,9,13)(H,10,14). The van der Waals surface area contributed by atoms with Gasteiger partial charge in [0.15, 0.2) is 0 Å². The molecule has 0 aliphatic heterocycles. The molecule has 1 aromatic rings. The fourth-order valence-electron chi connectivity index (χ4n) is 1.29. The summed E-state index contributed by atoms with van der Waals surface area (Å²) in [5.41, 5.74) is -1.16. The number of hydrogen-bond acceptors (Lipinski definition) is 3. The number of hydrogen-bond donors (Lipinski definition) is 3. The molecule has 0 atom stereocenters. The smallest absolute Gasteiger partial charge is 0.344 e. The molecule has 0 fully saturated rings. The maximum absolute atomic E-state index is 11.1. The number of aromatic amines is 2. The van der Waals surface area contributed by atoms with Crippen LogP contribution in [-0.4, -0.2) is 26.5 Å². The summed E-state index contributed by atoms with van der Waals surface area (Å²) in [7, 11) is 0. The lowest BCUT2D eigenvalue weighted by Gasteiger charge is -2.22. The predicted octanol–water partition coefficient (Wildman–Crippen LogP) is -0.727. The van der Waals surface area contributed by atoms with Crippen LogP contribution in [0.5, 0.6) is 0 Å². The van der Waals surface area contributed by atoms with E-state index < -0.39 is 11.4 Å². The van der Waals surface area contributed by atoms with Crippen LogP contribution in [0.25, 0.3) is 0 Å². The Labute approximate surface area is 80.6 Å². The van der Waals surface area contributed by atoms with Crippen molar-refractivity contribution in [3.05, 3.63) is 21.0 Å². The highest BCUT2D eigenvalue weighted by atomic mass is 16.3. The van der Waals surface area contributed by atoms with E-state index in [1.54, 1.807) is 0 Å². The molecule has 0 amide bonds. The predicted molar refractivity (Wildman–Crippen MR) is 51.2 cm³/mol. The first-order valence-corrected chi connectivity index (χ1v) is 4.45. The van der Waals surface area contributed by atoms with Crippen LogP contribution in [0.2, 0.25) is 0 Å². The Balaban J connectivity index is 2.88. The lowest BCUT2D eigenvalue weighted by Crippen LogP contribution is -2.33. The number of nitrogens with zero attached hydrogens (tertiary/aromatic N) is 1. The third-order valence-corrected chi connectivity index (χ3v) is 2.14. The molecule has 0 aromatic carbocycles. The molecule has 14 heavy (non-hydrogen) atoms. The second-order valence-electron chi connectivity index (χ2n) is 4.08. The lowest BCUT2D eigenvalue weighted by molar-refractivity contribution is 0.190. The summed E-state index contributed by atoms with van der Waals surface area (Å²) in [5.74, 6) is 0. The van der Waals surface area contributed by atoms with E-state index >= 15 is 0 Å². The van der Waals surface area contributed by atoms with E-state index in [0.717, 1.165) is 4.57 Å². The zero-order valence-electron chi connectivity index (χ0n) is 8.33. The molecular weight excluding hydrogens is 186 g/mol. The summed E-state index contributed by atoms with van der Waals surface area (Å²) < 4.78 is 1.09. The van der Waals surface area contributed by atoms with Crippen LogP contribution in [0, 0.1) is 5.41 Å². The monoisotopic (exact) mass is 201 g/mol. The molecule has 0 saturated heterocycles. The molecule has 0 spiro atoms. The van der Waals surface area contributed by atoms with Gasteiger partial charge in [-0.05, 0) is 11.8 Å². The molecule has 0 radical (unpaired) electrons. The number of nitrogens with one attached hydrogen (secondary N) is 2. The van der Waals surface area contributed by atoms with Gasteiger partial charge in [0.1, 0.15) is 0 Å². The Hall–Kier alpha value is -1.30. The normalized spacial score (nSPS) is 11.9. The van der Waals surface area contributed by atoms with Gasteiger partial charge in [-0.3, -0.25) is 0 Å².